The minimum Gasteiger partial charge on any atom is -0.299 e. The van der Waals surface area contributed by atoms with Crippen molar-refractivity contribution in [2.24, 2.45) is 0 Å². The fourth-order valence-electron chi connectivity index (χ4n) is 1.34. The lowest BCUT2D eigenvalue weighted by molar-refractivity contribution is -0.116. The summed E-state index contributed by atoms with van der Waals surface area (Å²) in [6, 6.07) is 7.66. The van der Waals surface area contributed by atoms with Gasteiger partial charge in [0, 0.05) is 4.90 Å². The molecule has 1 aromatic rings. The first-order chi connectivity index (χ1) is 7.43. The molecule has 0 heterocycles. The third-order valence-electron chi connectivity index (χ3n) is 2.67. The molecule has 0 saturated carbocycles. The van der Waals surface area contributed by atoms with Crippen LogP contribution < -0.4 is 0 Å². The van der Waals surface area contributed by atoms with Crippen molar-refractivity contribution < 1.29 is 9.00 Å². The lowest BCUT2D eigenvalue weighted by Crippen LogP contribution is -2.19. The number of Topliss-reactive ketones (excluding diaryl/α,β-unsaturated/α-hetero) is 1. The van der Waals surface area contributed by atoms with E-state index in [9.17, 15) is 9.00 Å². The van der Waals surface area contributed by atoms with E-state index in [1.54, 1.807) is 6.92 Å². The van der Waals surface area contributed by atoms with Crippen LogP contribution in [0, 0.1) is 0 Å². The van der Waals surface area contributed by atoms with Crippen molar-refractivity contribution in [1.29, 1.82) is 0 Å². The smallest absolute Gasteiger partial charge is 0.145 e. The van der Waals surface area contributed by atoms with Gasteiger partial charge < -0.3 is 0 Å². The van der Waals surface area contributed by atoms with Crippen LogP contribution in [0.25, 0.3) is 0 Å². The molecule has 16 heavy (non-hydrogen) atoms. The normalized spacial score (nSPS) is 14.8. The number of carbonyl (C=O) groups excluding carboxylic acids is 1. The predicted octanol–water partition coefficient (Wildman–Crippen LogP) is 2.90. The van der Waals surface area contributed by atoms with E-state index >= 15 is 0 Å². The van der Waals surface area contributed by atoms with Crippen molar-refractivity contribution >= 4 is 16.6 Å². The van der Waals surface area contributed by atoms with Gasteiger partial charge in [0.15, 0.2) is 0 Å². The molecule has 0 spiro atoms. The van der Waals surface area contributed by atoms with Crippen LogP contribution in [-0.4, -0.2) is 15.2 Å². The van der Waals surface area contributed by atoms with E-state index in [0.29, 0.717) is 5.92 Å². The SMILES string of the molecule is CC(=O)C(C)S(=O)c1ccc(C(C)C)cc1. The Bertz CT molecular complexity index is 393. The molecule has 0 fully saturated rings. The molecule has 88 valence electrons. The van der Waals surface area contributed by atoms with Crippen LogP contribution in [-0.2, 0) is 15.6 Å². The molecule has 0 saturated heterocycles. The average Bonchev–Trinajstić information content (AvgIpc) is 2.27. The maximum Gasteiger partial charge on any atom is 0.145 e. The van der Waals surface area contributed by atoms with E-state index in [1.165, 1.54) is 12.5 Å². The van der Waals surface area contributed by atoms with E-state index < -0.39 is 16.0 Å². The van der Waals surface area contributed by atoms with E-state index in [2.05, 4.69) is 13.8 Å². The Labute approximate surface area is 99.5 Å². The molecule has 0 aliphatic heterocycles. The van der Waals surface area contributed by atoms with Gasteiger partial charge in [-0.05, 0) is 37.5 Å². The molecule has 1 aromatic carbocycles. The molecule has 0 aliphatic rings. The summed E-state index contributed by atoms with van der Waals surface area (Å²) in [4.78, 5) is 11.9. The Morgan fingerprint density at radius 2 is 1.62 bits per heavy atom. The lowest BCUT2D eigenvalue weighted by atomic mass is 10.0. The van der Waals surface area contributed by atoms with Crippen LogP contribution in [0.3, 0.4) is 0 Å². The standard InChI is InChI=1S/C13H18O2S/c1-9(2)12-5-7-13(8-6-12)16(15)11(4)10(3)14/h5-9,11H,1-4H3. The van der Waals surface area contributed by atoms with Crippen LogP contribution >= 0.6 is 0 Å². The molecule has 0 bridgehead atoms. The quantitative estimate of drug-likeness (QED) is 0.808. The fourth-order valence-corrected chi connectivity index (χ4v) is 2.46. The number of hydrogen-bond donors (Lipinski definition) is 0. The van der Waals surface area contributed by atoms with Crippen molar-refractivity contribution in [3.8, 4) is 0 Å². The number of rotatable bonds is 4. The monoisotopic (exact) mass is 238 g/mol. The van der Waals surface area contributed by atoms with Gasteiger partial charge in [0.2, 0.25) is 0 Å². The zero-order chi connectivity index (χ0) is 12.3. The first kappa shape index (κ1) is 13.1. The number of hydrogen-bond acceptors (Lipinski definition) is 2. The molecule has 0 radical (unpaired) electrons. The average molecular weight is 238 g/mol. The summed E-state index contributed by atoms with van der Waals surface area (Å²) in [5.41, 5.74) is 1.22. The molecule has 0 N–H and O–H groups in total. The number of ketones is 1. The Morgan fingerprint density at radius 1 is 1.12 bits per heavy atom. The maximum absolute atomic E-state index is 12.0. The molecular formula is C13H18O2S. The van der Waals surface area contributed by atoms with E-state index in [1.807, 2.05) is 24.3 Å². The van der Waals surface area contributed by atoms with Crippen molar-refractivity contribution in [2.45, 2.75) is 43.8 Å². The second-order valence-corrected chi connectivity index (χ2v) is 6.05. The second kappa shape index (κ2) is 5.39. The summed E-state index contributed by atoms with van der Waals surface area (Å²) in [5, 5.41) is -0.426. The Hall–Kier alpha value is -0.960. The van der Waals surface area contributed by atoms with Crippen molar-refractivity contribution in [3.63, 3.8) is 0 Å². The highest BCUT2D eigenvalue weighted by molar-refractivity contribution is 7.86. The molecule has 3 heteroatoms. The molecular weight excluding hydrogens is 220 g/mol. The maximum atomic E-state index is 12.0. The topological polar surface area (TPSA) is 34.1 Å². The first-order valence-corrected chi connectivity index (χ1v) is 6.65. The molecule has 1 rings (SSSR count). The molecule has 0 aliphatic carbocycles. The van der Waals surface area contributed by atoms with Gasteiger partial charge in [-0.15, -0.1) is 0 Å². The molecule has 0 aromatic heterocycles. The van der Waals surface area contributed by atoms with Gasteiger partial charge >= 0.3 is 0 Å². The lowest BCUT2D eigenvalue weighted by Gasteiger charge is -2.09. The number of carbonyl (C=O) groups is 1. The van der Waals surface area contributed by atoms with Crippen LogP contribution in [0.1, 0.15) is 39.2 Å². The van der Waals surface area contributed by atoms with Gasteiger partial charge in [0.1, 0.15) is 5.78 Å². The Balaban J connectivity index is 2.90. The van der Waals surface area contributed by atoms with E-state index in [-0.39, 0.29) is 5.78 Å². The summed E-state index contributed by atoms with van der Waals surface area (Å²) in [6.07, 6.45) is 0. The third-order valence-corrected chi connectivity index (χ3v) is 4.38. The molecule has 2 nitrogen and oxygen atoms in total. The van der Waals surface area contributed by atoms with Crippen LogP contribution in [0.4, 0.5) is 0 Å². The molecule has 2 unspecified atom stereocenters. The van der Waals surface area contributed by atoms with Gasteiger partial charge in [0.05, 0.1) is 16.0 Å². The molecule has 0 amide bonds. The summed E-state index contributed by atoms with van der Waals surface area (Å²) in [7, 11) is -1.23. The third kappa shape index (κ3) is 3.01. The zero-order valence-electron chi connectivity index (χ0n) is 10.2. The largest absolute Gasteiger partial charge is 0.299 e. The van der Waals surface area contributed by atoms with Gasteiger partial charge in [-0.1, -0.05) is 26.0 Å². The van der Waals surface area contributed by atoms with E-state index in [4.69, 9.17) is 0 Å². The Kier molecular flexibility index (Phi) is 4.42. The van der Waals surface area contributed by atoms with Gasteiger partial charge in [-0.2, -0.15) is 0 Å². The zero-order valence-corrected chi connectivity index (χ0v) is 11.0. The van der Waals surface area contributed by atoms with Gasteiger partial charge in [-0.3, -0.25) is 9.00 Å². The second-order valence-electron chi connectivity index (χ2n) is 4.27. The minimum atomic E-state index is -1.23. The van der Waals surface area contributed by atoms with Crippen molar-refractivity contribution in [2.75, 3.05) is 0 Å². The fraction of sp³-hybridized carbons (Fsp3) is 0.462. The van der Waals surface area contributed by atoms with E-state index in [0.717, 1.165) is 4.90 Å². The summed E-state index contributed by atoms with van der Waals surface area (Å²) in [5.74, 6) is 0.430. The number of benzene rings is 1. The first-order valence-electron chi connectivity index (χ1n) is 5.44. The van der Waals surface area contributed by atoms with Crippen LogP contribution in [0.2, 0.25) is 0 Å². The highest BCUT2D eigenvalue weighted by atomic mass is 32.2. The highest BCUT2D eigenvalue weighted by Gasteiger charge is 2.17. The molecule has 2 atom stereocenters. The predicted molar refractivity (Wildman–Crippen MR) is 67.1 cm³/mol. The van der Waals surface area contributed by atoms with Crippen molar-refractivity contribution in [1.82, 2.24) is 0 Å². The minimum absolute atomic E-state index is 0.0359. The van der Waals surface area contributed by atoms with Crippen molar-refractivity contribution in [3.05, 3.63) is 29.8 Å². The van der Waals surface area contributed by atoms with Crippen LogP contribution in [0.15, 0.2) is 29.2 Å². The van der Waals surface area contributed by atoms with Gasteiger partial charge in [-0.25, -0.2) is 0 Å². The summed E-state index contributed by atoms with van der Waals surface area (Å²) < 4.78 is 12.0. The van der Waals surface area contributed by atoms with Gasteiger partial charge in [0.25, 0.3) is 0 Å². The summed E-state index contributed by atoms with van der Waals surface area (Å²) >= 11 is 0. The summed E-state index contributed by atoms with van der Waals surface area (Å²) in [6.45, 7) is 7.41. The van der Waals surface area contributed by atoms with Crippen LogP contribution in [0.5, 0.6) is 0 Å². The Morgan fingerprint density at radius 3 is 2.00 bits per heavy atom. The highest BCUT2D eigenvalue weighted by Crippen LogP contribution is 2.18.